The average molecular weight is 639 g/mol. The minimum absolute atomic E-state index is 0.0255. The fourth-order valence-corrected chi connectivity index (χ4v) is 7.22. The van der Waals surface area contributed by atoms with Gasteiger partial charge in [-0.05, 0) is 63.7 Å². The van der Waals surface area contributed by atoms with Gasteiger partial charge in [0.15, 0.2) is 4.80 Å². The van der Waals surface area contributed by atoms with E-state index < -0.39 is 11.0 Å². The molecule has 0 fully saturated rings. The Balaban J connectivity index is 1.64. The van der Waals surface area contributed by atoms with Crippen LogP contribution in [0.3, 0.4) is 0 Å². The quantitative estimate of drug-likeness (QED) is 0.238. The van der Waals surface area contributed by atoms with Crippen molar-refractivity contribution >= 4 is 60.7 Å². The summed E-state index contributed by atoms with van der Waals surface area (Å²) in [5, 5.41) is 22.1. The molecule has 0 unspecified atom stereocenters. The van der Waals surface area contributed by atoms with Gasteiger partial charge in [0.25, 0.3) is 11.2 Å². The highest BCUT2D eigenvalue weighted by Crippen LogP contribution is 2.41. The van der Waals surface area contributed by atoms with Gasteiger partial charge in [-0.3, -0.25) is 19.5 Å². The summed E-state index contributed by atoms with van der Waals surface area (Å²) in [4.78, 5) is 30.4. The summed E-state index contributed by atoms with van der Waals surface area (Å²) < 4.78 is 3.29. The Bertz CT molecular complexity index is 1840. The first-order valence-electron chi connectivity index (χ1n) is 11.4. The van der Waals surface area contributed by atoms with E-state index in [4.69, 9.17) is 4.99 Å². The molecule has 1 N–H and O–H groups in total. The highest BCUT2D eigenvalue weighted by Gasteiger charge is 2.33. The predicted octanol–water partition coefficient (Wildman–Crippen LogP) is 5.46. The first-order chi connectivity index (χ1) is 17.8. The number of fused-ring (bicyclic) bond motifs is 3. The van der Waals surface area contributed by atoms with Crippen LogP contribution in [0.2, 0.25) is 0 Å². The van der Waals surface area contributed by atoms with Gasteiger partial charge in [0.2, 0.25) is 0 Å². The molecule has 1 aliphatic carbocycles. The van der Waals surface area contributed by atoms with Crippen LogP contribution in [0.25, 0.3) is 11.8 Å². The average Bonchev–Trinajstić information content (AvgIpc) is 3.20. The molecular weight excluding hydrogens is 622 g/mol. The zero-order valence-corrected chi connectivity index (χ0v) is 23.0. The molecule has 0 radical (unpaired) electrons. The van der Waals surface area contributed by atoms with E-state index in [0.717, 1.165) is 27.7 Å². The van der Waals surface area contributed by atoms with Crippen LogP contribution in [-0.2, 0) is 6.42 Å². The number of aryl methyl sites for hydroxylation is 1. The highest BCUT2D eigenvalue weighted by molar-refractivity contribution is 9.11. The predicted molar refractivity (Wildman–Crippen MR) is 149 cm³/mol. The number of rotatable bonds is 3. The summed E-state index contributed by atoms with van der Waals surface area (Å²) in [5.74, 6) is 0.0255. The molecule has 0 bridgehead atoms. The summed E-state index contributed by atoms with van der Waals surface area (Å²) in [6.07, 6.45) is 3.13. The summed E-state index contributed by atoms with van der Waals surface area (Å²) in [6.45, 7) is 0. The lowest BCUT2D eigenvalue weighted by Gasteiger charge is -2.30. The van der Waals surface area contributed by atoms with Gasteiger partial charge in [0.05, 0.1) is 25.7 Å². The van der Waals surface area contributed by atoms with E-state index in [1.165, 1.54) is 29.0 Å². The molecule has 0 amide bonds. The molecule has 10 heteroatoms. The van der Waals surface area contributed by atoms with Crippen LogP contribution in [0.4, 0.5) is 5.69 Å². The third kappa shape index (κ3) is 4.09. The van der Waals surface area contributed by atoms with Crippen molar-refractivity contribution < 1.29 is 10.0 Å². The molecule has 6 rings (SSSR count). The van der Waals surface area contributed by atoms with Gasteiger partial charge >= 0.3 is 0 Å². The van der Waals surface area contributed by atoms with E-state index in [0.29, 0.717) is 31.4 Å². The highest BCUT2D eigenvalue weighted by atomic mass is 79.9. The van der Waals surface area contributed by atoms with Crippen molar-refractivity contribution in [1.82, 2.24) is 4.57 Å². The first-order valence-corrected chi connectivity index (χ1v) is 13.8. The van der Waals surface area contributed by atoms with E-state index >= 15 is 0 Å². The molecule has 2 aliphatic rings. The van der Waals surface area contributed by atoms with Crippen LogP contribution in [0, 0.1) is 10.1 Å². The second kappa shape index (κ2) is 9.20. The van der Waals surface area contributed by atoms with E-state index in [1.807, 2.05) is 24.3 Å². The van der Waals surface area contributed by atoms with Crippen LogP contribution >= 0.6 is 43.2 Å². The molecule has 1 aliphatic heterocycles. The minimum Gasteiger partial charge on any atom is -0.506 e. The Morgan fingerprint density at radius 2 is 1.92 bits per heavy atom. The number of hydrogen-bond acceptors (Lipinski definition) is 6. The molecule has 1 aromatic heterocycles. The van der Waals surface area contributed by atoms with Crippen molar-refractivity contribution in [2.24, 2.45) is 4.99 Å². The van der Waals surface area contributed by atoms with E-state index in [9.17, 15) is 20.0 Å². The van der Waals surface area contributed by atoms with Crippen molar-refractivity contribution in [2.45, 2.75) is 18.9 Å². The molecule has 0 saturated heterocycles. The lowest BCUT2D eigenvalue weighted by Crippen LogP contribution is -2.38. The number of aromatic hydroxyl groups is 1. The van der Waals surface area contributed by atoms with Crippen LogP contribution in [0.1, 0.15) is 34.7 Å². The van der Waals surface area contributed by atoms with Crippen LogP contribution in [0.15, 0.2) is 85.0 Å². The Labute approximate surface area is 231 Å². The number of thiazole rings is 1. The van der Waals surface area contributed by atoms with Crippen molar-refractivity contribution in [1.29, 1.82) is 0 Å². The number of hydrogen-bond donors (Lipinski definition) is 1. The molecule has 2 heterocycles. The molecule has 4 aromatic rings. The zero-order valence-electron chi connectivity index (χ0n) is 19.0. The molecule has 184 valence electrons. The maximum absolute atomic E-state index is 13.8. The van der Waals surface area contributed by atoms with E-state index in [-0.39, 0.29) is 17.0 Å². The van der Waals surface area contributed by atoms with Crippen molar-refractivity contribution in [3.05, 3.63) is 127 Å². The Morgan fingerprint density at radius 1 is 1.11 bits per heavy atom. The number of aromatic nitrogens is 1. The lowest BCUT2D eigenvalue weighted by molar-refractivity contribution is -0.384. The number of nitro benzene ring substituents is 1. The fraction of sp³-hybridized carbons (Fsp3) is 0.111. The summed E-state index contributed by atoms with van der Waals surface area (Å²) in [5.41, 5.74) is 4.84. The van der Waals surface area contributed by atoms with E-state index in [2.05, 4.69) is 37.9 Å². The van der Waals surface area contributed by atoms with Gasteiger partial charge in [0, 0.05) is 27.7 Å². The van der Waals surface area contributed by atoms with Gasteiger partial charge in [-0.1, -0.05) is 63.7 Å². The third-order valence-corrected chi connectivity index (χ3v) is 8.66. The summed E-state index contributed by atoms with van der Waals surface area (Å²) in [6, 6.07) is 17.5. The largest absolute Gasteiger partial charge is 0.506 e. The maximum Gasteiger partial charge on any atom is 0.271 e. The van der Waals surface area contributed by atoms with Gasteiger partial charge in [0.1, 0.15) is 5.75 Å². The summed E-state index contributed by atoms with van der Waals surface area (Å²) in [7, 11) is 0. The molecule has 7 nitrogen and oxygen atoms in total. The normalized spacial score (nSPS) is 16.6. The number of phenols is 1. The van der Waals surface area contributed by atoms with Crippen molar-refractivity contribution in [3.63, 3.8) is 0 Å². The lowest BCUT2D eigenvalue weighted by atomic mass is 9.83. The molecule has 0 spiro atoms. The number of allylic oxidation sites excluding steroid dienone is 1. The second-order valence-electron chi connectivity index (χ2n) is 8.79. The number of halogens is 2. The molecule has 3 aromatic carbocycles. The van der Waals surface area contributed by atoms with Crippen molar-refractivity contribution in [2.75, 3.05) is 0 Å². The molecule has 37 heavy (non-hydrogen) atoms. The topological polar surface area (TPSA) is 97.7 Å². The van der Waals surface area contributed by atoms with Gasteiger partial charge < -0.3 is 5.11 Å². The smallest absolute Gasteiger partial charge is 0.271 e. The van der Waals surface area contributed by atoms with E-state index in [1.54, 1.807) is 28.8 Å². The number of non-ortho nitro benzene ring substituents is 1. The SMILES string of the molecule is O=c1/c(=C/c2cc(Br)cc(Br)c2O)sc2n1[C@@H](c1cccc([N+](=O)[O-])c1)C1=C(N=2)c2ccccc2CC1. The second-order valence-corrected chi connectivity index (χ2v) is 11.6. The van der Waals surface area contributed by atoms with Crippen LogP contribution in [0.5, 0.6) is 5.75 Å². The fourth-order valence-electron chi connectivity index (χ4n) is 4.97. The Kier molecular flexibility index (Phi) is 5.97. The zero-order chi connectivity index (χ0) is 25.8. The van der Waals surface area contributed by atoms with Gasteiger partial charge in [-0.15, -0.1) is 0 Å². The monoisotopic (exact) mass is 637 g/mol. The van der Waals surface area contributed by atoms with Crippen molar-refractivity contribution in [3.8, 4) is 5.75 Å². The standard InChI is InChI=1S/C27H17Br2N3O4S/c28-17-10-16(25(33)21(29)13-17)12-22-26(34)31-24(15-5-3-6-18(11-15)32(35)36)20-9-8-14-4-1-2-7-19(14)23(20)30-27(31)37-22/h1-7,10-13,24,33H,8-9H2/b22-12-/t24-/m0/s1. The maximum atomic E-state index is 13.8. The number of nitro groups is 1. The molecular formula is C27H17Br2N3O4S. The molecule has 1 atom stereocenters. The molecule has 0 saturated carbocycles. The number of benzene rings is 3. The van der Waals surface area contributed by atoms with Crippen LogP contribution in [-0.4, -0.2) is 14.6 Å². The van der Waals surface area contributed by atoms with Gasteiger partial charge in [-0.2, -0.15) is 0 Å². The Morgan fingerprint density at radius 3 is 2.73 bits per heavy atom. The Hall–Kier alpha value is -3.34. The van der Waals surface area contributed by atoms with Crippen LogP contribution < -0.4 is 14.9 Å². The number of nitrogens with zero attached hydrogens (tertiary/aromatic N) is 3. The number of phenolic OH excluding ortho intramolecular Hbond substituents is 1. The summed E-state index contributed by atoms with van der Waals surface area (Å²) >= 11 is 8.01. The van der Waals surface area contributed by atoms with Gasteiger partial charge in [-0.25, -0.2) is 4.99 Å². The first kappa shape index (κ1) is 24.0. The third-order valence-electron chi connectivity index (χ3n) is 6.61. The minimum atomic E-state index is -0.524.